The zero-order valence-electron chi connectivity index (χ0n) is 9.64. The average Bonchev–Trinajstić information content (AvgIpc) is 2.28. The Bertz CT molecular complexity index is 256. The molecule has 0 aliphatic carbocycles. The zero-order chi connectivity index (χ0) is 12.1. The maximum Gasteiger partial charge on any atom is 0.407 e. The number of ether oxygens (including phenoxy) is 1. The number of hydrogen-bond donors (Lipinski definition) is 3. The van der Waals surface area contributed by atoms with Crippen LogP contribution in [0.15, 0.2) is 0 Å². The standard InChI is InChI=1S/C11H19N3O2/c1-2-3-10-16-11(15)14-8-5-4-7-13-9-6-12/h6,12-13H,2-3,7-10H2,1H3,(H,14,15). The summed E-state index contributed by atoms with van der Waals surface area (Å²) >= 11 is 0. The van der Waals surface area contributed by atoms with Gasteiger partial charge in [0.15, 0.2) is 0 Å². The third-order valence-corrected chi connectivity index (χ3v) is 1.64. The van der Waals surface area contributed by atoms with Crippen molar-refractivity contribution in [2.45, 2.75) is 19.8 Å². The van der Waals surface area contributed by atoms with Crippen molar-refractivity contribution in [1.29, 1.82) is 5.41 Å². The number of carbonyl (C=O) groups excluding carboxylic acids is 1. The van der Waals surface area contributed by atoms with Crippen LogP contribution in [0.3, 0.4) is 0 Å². The Labute approximate surface area is 96.4 Å². The Morgan fingerprint density at radius 1 is 1.44 bits per heavy atom. The van der Waals surface area contributed by atoms with Crippen molar-refractivity contribution in [3.8, 4) is 11.8 Å². The van der Waals surface area contributed by atoms with Crippen LogP contribution in [0.25, 0.3) is 0 Å². The van der Waals surface area contributed by atoms with E-state index in [1.165, 1.54) is 6.21 Å². The number of alkyl carbamates (subject to hydrolysis) is 1. The van der Waals surface area contributed by atoms with Crippen LogP contribution in [0.4, 0.5) is 4.79 Å². The highest BCUT2D eigenvalue weighted by Crippen LogP contribution is 1.87. The number of amides is 1. The maximum atomic E-state index is 11.0. The lowest BCUT2D eigenvalue weighted by atomic mass is 10.4. The molecule has 0 heterocycles. The topological polar surface area (TPSA) is 74.2 Å². The van der Waals surface area contributed by atoms with Crippen molar-refractivity contribution in [1.82, 2.24) is 10.6 Å². The first-order chi connectivity index (χ1) is 7.81. The molecule has 0 aliphatic heterocycles. The molecule has 0 fully saturated rings. The molecule has 5 heteroatoms. The molecule has 0 unspecified atom stereocenters. The van der Waals surface area contributed by atoms with Crippen LogP contribution in [0.1, 0.15) is 19.8 Å². The van der Waals surface area contributed by atoms with Crippen molar-refractivity contribution in [2.24, 2.45) is 0 Å². The largest absolute Gasteiger partial charge is 0.450 e. The maximum absolute atomic E-state index is 11.0. The number of carbonyl (C=O) groups is 1. The van der Waals surface area contributed by atoms with Gasteiger partial charge >= 0.3 is 6.09 Å². The second-order valence-corrected chi connectivity index (χ2v) is 3.03. The third kappa shape index (κ3) is 10.5. The predicted octanol–water partition coefficient (Wildman–Crippen LogP) is 0.755. The summed E-state index contributed by atoms with van der Waals surface area (Å²) in [5, 5.41) is 12.2. The molecule has 0 saturated carbocycles. The molecule has 0 spiro atoms. The van der Waals surface area contributed by atoms with E-state index < -0.39 is 6.09 Å². The molecular weight excluding hydrogens is 206 g/mol. The van der Waals surface area contributed by atoms with Gasteiger partial charge in [-0.15, -0.1) is 0 Å². The van der Waals surface area contributed by atoms with E-state index in [0.29, 0.717) is 19.7 Å². The quantitative estimate of drug-likeness (QED) is 0.340. The molecule has 0 aromatic rings. The average molecular weight is 225 g/mol. The van der Waals surface area contributed by atoms with Gasteiger partial charge in [-0.2, -0.15) is 0 Å². The van der Waals surface area contributed by atoms with Gasteiger partial charge < -0.3 is 20.8 Å². The van der Waals surface area contributed by atoms with E-state index in [4.69, 9.17) is 10.1 Å². The van der Waals surface area contributed by atoms with Crippen LogP contribution in [0.5, 0.6) is 0 Å². The number of hydrogen-bond acceptors (Lipinski definition) is 4. The number of nitrogens with one attached hydrogen (secondary N) is 3. The fourth-order valence-electron chi connectivity index (χ4n) is 0.808. The van der Waals surface area contributed by atoms with Gasteiger partial charge in [0.2, 0.25) is 0 Å². The highest BCUT2D eigenvalue weighted by Gasteiger charge is 1.97. The summed E-state index contributed by atoms with van der Waals surface area (Å²) in [5.74, 6) is 5.57. The summed E-state index contributed by atoms with van der Waals surface area (Å²) in [6, 6.07) is 0. The van der Waals surface area contributed by atoms with Crippen molar-refractivity contribution in [3.63, 3.8) is 0 Å². The van der Waals surface area contributed by atoms with E-state index in [1.54, 1.807) is 0 Å². The van der Waals surface area contributed by atoms with E-state index >= 15 is 0 Å². The minimum absolute atomic E-state index is 0.289. The van der Waals surface area contributed by atoms with Crippen molar-refractivity contribution < 1.29 is 9.53 Å². The lowest BCUT2D eigenvalue weighted by Crippen LogP contribution is -2.25. The van der Waals surface area contributed by atoms with Gasteiger partial charge in [-0.25, -0.2) is 4.79 Å². The van der Waals surface area contributed by atoms with Crippen LogP contribution >= 0.6 is 0 Å². The van der Waals surface area contributed by atoms with Crippen LogP contribution in [-0.4, -0.2) is 38.5 Å². The highest BCUT2D eigenvalue weighted by molar-refractivity contribution is 5.67. The first-order valence-corrected chi connectivity index (χ1v) is 5.37. The van der Waals surface area contributed by atoms with Gasteiger partial charge in [0.1, 0.15) is 0 Å². The van der Waals surface area contributed by atoms with Gasteiger partial charge in [-0.1, -0.05) is 25.2 Å². The summed E-state index contributed by atoms with van der Waals surface area (Å²) in [5.41, 5.74) is 0. The molecule has 0 rings (SSSR count). The van der Waals surface area contributed by atoms with E-state index in [2.05, 4.69) is 22.5 Å². The molecule has 3 N–H and O–H groups in total. The fraction of sp³-hybridized carbons (Fsp3) is 0.636. The molecule has 0 aromatic heterocycles. The summed E-state index contributed by atoms with van der Waals surface area (Å²) in [6.45, 7) is 3.81. The SMILES string of the molecule is CCCCOC(=O)NCC#CCNCC=N. The van der Waals surface area contributed by atoms with Crippen molar-refractivity contribution in [2.75, 3.05) is 26.2 Å². The molecule has 1 amide bonds. The van der Waals surface area contributed by atoms with Gasteiger partial charge in [-0.3, -0.25) is 0 Å². The Hall–Kier alpha value is -1.54. The van der Waals surface area contributed by atoms with Gasteiger partial charge in [0.25, 0.3) is 0 Å². The Kier molecular flexibility index (Phi) is 10.4. The predicted molar refractivity (Wildman–Crippen MR) is 63.7 cm³/mol. The molecular formula is C11H19N3O2. The van der Waals surface area contributed by atoms with Crippen LogP contribution in [-0.2, 0) is 4.74 Å². The van der Waals surface area contributed by atoms with Gasteiger partial charge in [0, 0.05) is 12.8 Å². The third-order valence-electron chi connectivity index (χ3n) is 1.64. The summed E-state index contributed by atoms with van der Waals surface area (Å²) in [7, 11) is 0. The molecule has 0 aromatic carbocycles. The number of unbranched alkanes of at least 4 members (excludes halogenated alkanes) is 1. The highest BCUT2D eigenvalue weighted by atomic mass is 16.5. The molecule has 0 aliphatic rings. The van der Waals surface area contributed by atoms with Crippen LogP contribution < -0.4 is 10.6 Å². The Morgan fingerprint density at radius 2 is 2.19 bits per heavy atom. The minimum atomic E-state index is -0.421. The smallest absolute Gasteiger partial charge is 0.407 e. The second kappa shape index (κ2) is 11.5. The van der Waals surface area contributed by atoms with Gasteiger partial charge in [0.05, 0.1) is 19.7 Å². The minimum Gasteiger partial charge on any atom is -0.450 e. The summed E-state index contributed by atoms with van der Waals surface area (Å²) in [6.07, 6.45) is 2.74. The first-order valence-electron chi connectivity index (χ1n) is 5.37. The van der Waals surface area contributed by atoms with E-state index in [9.17, 15) is 4.79 Å². The van der Waals surface area contributed by atoms with E-state index in [-0.39, 0.29) is 6.54 Å². The second-order valence-electron chi connectivity index (χ2n) is 3.03. The molecule has 0 radical (unpaired) electrons. The molecule has 90 valence electrons. The normalized spacial score (nSPS) is 8.81. The van der Waals surface area contributed by atoms with Crippen molar-refractivity contribution in [3.05, 3.63) is 0 Å². The monoisotopic (exact) mass is 225 g/mol. The molecule has 0 bridgehead atoms. The van der Waals surface area contributed by atoms with Crippen LogP contribution in [0, 0.1) is 17.3 Å². The Morgan fingerprint density at radius 3 is 2.88 bits per heavy atom. The first kappa shape index (κ1) is 14.5. The molecule has 0 saturated heterocycles. The number of rotatable bonds is 7. The summed E-state index contributed by atoms with van der Waals surface area (Å²) in [4.78, 5) is 11.0. The molecule has 5 nitrogen and oxygen atoms in total. The van der Waals surface area contributed by atoms with E-state index in [1.807, 2.05) is 6.92 Å². The lowest BCUT2D eigenvalue weighted by Gasteiger charge is -2.02. The van der Waals surface area contributed by atoms with Gasteiger partial charge in [-0.05, 0) is 6.42 Å². The fourth-order valence-corrected chi connectivity index (χ4v) is 0.808. The Balaban J connectivity index is 3.35. The van der Waals surface area contributed by atoms with Crippen molar-refractivity contribution >= 4 is 12.3 Å². The summed E-state index contributed by atoms with van der Waals surface area (Å²) < 4.78 is 4.86. The zero-order valence-corrected chi connectivity index (χ0v) is 9.64. The van der Waals surface area contributed by atoms with Crippen LogP contribution in [0.2, 0.25) is 0 Å². The molecule has 16 heavy (non-hydrogen) atoms. The lowest BCUT2D eigenvalue weighted by molar-refractivity contribution is 0.146. The molecule has 0 atom stereocenters. The van der Waals surface area contributed by atoms with E-state index in [0.717, 1.165) is 12.8 Å².